The van der Waals surface area contributed by atoms with Crippen LogP contribution in [0.15, 0.2) is 72.1 Å². The van der Waals surface area contributed by atoms with Gasteiger partial charge in [-0.15, -0.1) is 0 Å². The van der Waals surface area contributed by atoms with E-state index in [-0.39, 0.29) is 17.5 Å². The maximum absolute atomic E-state index is 13.2. The number of fused-ring (bicyclic) bond motifs is 1. The van der Waals surface area contributed by atoms with E-state index in [1.165, 1.54) is 30.2 Å². The number of hydrogen-bond donors (Lipinski definition) is 1. The first-order chi connectivity index (χ1) is 15.7. The average Bonchev–Trinajstić information content (AvgIpc) is 3.26. The number of benzene rings is 2. The van der Waals surface area contributed by atoms with Crippen molar-refractivity contribution < 1.29 is 13.9 Å². The third-order valence-corrected chi connectivity index (χ3v) is 5.64. The van der Waals surface area contributed by atoms with Crippen LogP contribution < -0.4 is 5.32 Å². The Kier molecular flexibility index (Phi) is 7.42. The molecule has 2 heterocycles. The number of rotatable bonds is 10. The van der Waals surface area contributed by atoms with Gasteiger partial charge in [0.25, 0.3) is 0 Å². The molecule has 1 N–H and O–H groups in total. The van der Waals surface area contributed by atoms with Crippen LogP contribution in [0.25, 0.3) is 16.7 Å². The molecule has 0 saturated heterocycles. The topological polar surface area (TPSA) is 81.9 Å². The molecule has 0 radical (unpaired) electrons. The fourth-order valence-electron chi connectivity index (χ4n) is 3.06. The number of nitrogens with one attached hydrogen (secondary N) is 1. The molecule has 4 aromatic rings. The van der Waals surface area contributed by atoms with E-state index in [0.717, 1.165) is 17.4 Å². The molecular formula is C23H22FN5O2S. The van der Waals surface area contributed by atoms with Crippen molar-refractivity contribution in [2.75, 3.05) is 18.9 Å². The minimum Gasteiger partial charge on any atom is -0.377 e. The predicted molar refractivity (Wildman–Crippen MR) is 121 cm³/mol. The molecule has 0 fully saturated rings. The van der Waals surface area contributed by atoms with Gasteiger partial charge in [0.1, 0.15) is 17.2 Å². The lowest BCUT2D eigenvalue weighted by Crippen LogP contribution is -2.26. The summed E-state index contributed by atoms with van der Waals surface area (Å²) >= 11 is 1.33. The highest BCUT2D eigenvalue weighted by molar-refractivity contribution is 8.00. The number of carbonyl (C=O) groups excluding carboxylic acids is 1. The van der Waals surface area contributed by atoms with Gasteiger partial charge in [-0.25, -0.2) is 19.0 Å². The van der Waals surface area contributed by atoms with Gasteiger partial charge in [-0.3, -0.25) is 4.79 Å². The normalized spacial score (nSPS) is 11.0. The van der Waals surface area contributed by atoms with Crippen molar-refractivity contribution in [1.29, 1.82) is 0 Å². The number of hydrogen-bond acceptors (Lipinski definition) is 6. The first kappa shape index (κ1) is 21.9. The SMILES string of the molecule is O=C(CSc1ncnc2c1cnn2-c1ccc(F)cc1)NCCCOCc1ccccc1. The van der Waals surface area contributed by atoms with Crippen LogP contribution in [0.2, 0.25) is 0 Å². The maximum atomic E-state index is 13.2. The monoisotopic (exact) mass is 451 g/mol. The first-order valence-electron chi connectivity index (χ1n) is 10.2. The molecular weight excluding hydrogens is 429 g/mol. The highest BCUT2D eigenvalue weighted by Crippen LogP contribution is 2.25. The molecule has 0 aliphatic carbocycles. The van der Waals surface area contributed by atoms with Gasteiger partial charge in [-0.1, -0.05) is 42.1 Å². The van der Waals surface area contributed by atoms with Crippen LogP contribution in [0, 0.1) is 5.82 Å². The van der Waals surface area contributed by atoms with Gasteiger partial charge >= 0.3 is 0 Å². The van der Waals surface area contributed by atoms with Gasteiger partial charge in [0.05, 0.1) is 29.6 Å². The minimum absolute atomic E-state index is 0.0734. The quantitative estimate of drug-likeness (QED) is 0.225. The zero-order valence-corrected chi connectivity index (χ0v) is 18.1. The minimum atomic E-state index is -0.315. The van der Waals surface area contributed by atoms with Crippen molar-refractivity contribution in [1.82, 2.24) is 25.1 Å². The first-order valence-corrected chi connectivity index (χ1v) is 11.1. The lowest BCUT2D eigenvalue weighted by atomic mass is 10.2. The van der Waals surface area contributed by atoms with Crippen LogP contribution in [-0.2, 0) is 16.1 Å². The Labute approximate surface area is 189 Å². The molecule has 4 rings (SSSR count). The molecule has 32 heavy (non-hydrogen) atoms. The number of nitrogens with zero attached hydrogens (tertiary/aromatic N) is 4. The number of amides is 1. The van der Waals surface area contributed by atoms with Gasteiger partial charge in [-0.2, -0.15) is 5.10 Å². The summed E-state index contributed by atoms with van der Waals surface area (Å²) in [7, 11) is 0. The molecule has 164 valence electrons. The highest BCUT2D eigenvalue weighted by Gasteiger charge is 2.13. The summed E-state index contributed by atoms with van der Waals surface area (Å²) in [6.07, 6.45) is 3.84. The van der Waals surface area contributed by atoms with E-state index < -0.39 is 0 Å². The second kappa shape index (κ2) is 10.8. The summed E-state index contributed by atoms with van der Waals surface area (Å²) in [5.74, 6) is -0.153. The van der Waals surface area contributed by atoms with Gasteiger partial charge < -0.3 is 10.1 Å². The van der Waals surface area contributed by atoms with E-state index in [0.29, 0.717) is 36.1 Å². The Bertz CT molecular complexity index is 1170. The Morgan fingerprint density at radius 3 is 2.72 bits per heavy atom. The van der Waals surface area contributed by atoms with E-state index in [2.05, 4.69) is 20.4 Å². The van der Waals surface area contributed by atoms with Crippen molar-refractivity contribution in [2.45, 2.75) is 18.1 Å². The van der Waals surface area contributed by atoms with Gasteiger partial charge in [0, 0.05) is 13.2 Å². The lowest BCUT2D eigenvalue weighted by molar-refractivity contribution is -0.118. The van der Waals surface area contributed by atoms with Crippen molar-refractivity contribution in [3.63, 3.8) is 0 Å². The van der Waals surface area contributed by atoms with Gasteiger partial charge in [0.15, 0.2) is 5.65 Å². The van der Waals surface area contributed by atoms with Crippen molar-refractivity contribution in [3.05, 3.63) is 78.5 Å². The summed E-state index contributed by atoms with van der Waals surface area (Å²) in [6.45, 7) is 1.70. The van der Waals surface area contributed by atoms with Crippen LogP contribution >= 0.6 is 11.8 Å². The summed E-state index contributed by atoms with van der Waals surface area (Å²) in [4.78, 5) is 20.8. The van der Waals surface area contributed by atoms with E-state index in [1.54, 1.807) is 23.0 Å². The fourth-order valence-corrected chi connectivity index (χ4v) is 3.85. The molecule has 0 unspecified atom stereocenters. The standard InChI is InChI=1S/C23H22FN5O2S/c24-18-7-9-19(10-8-18)29-22-20(13-28-29)23(27-16-26-22)32-15-21(30)25-11-4-12-31-14-17-5-2-1-3-6-17/h1-3,5-10,13,16H,4,11-12,14-15H2,(H,25,30). The number of ether oxygens (including phenoxy) is 1. The van der Waals surface area contributed by atoms with Crippen molar-refractivity contribution in [3.8, 4) is 5.69 Å². The predicted octanol–water partition coefficient (Wildman–Crippen LogP) is 3.77. The fraction of sp³-hybridized carbons (Fsp3) is 0.217. The Morgan fingerprint density at radius 1 is 1.09 bits per heavy atom. The third kappa shape index (κ3) is 5.68. The Balaban J connectivity index is 1.24. The van der Waals surface area contributed by atoms with Crippen molar-refractivity contribution in [2.24, 2.45) is 0 Å². The third-order valence-electron chi connectivity index (χ3n) is 4.64. The summed E-state index contributed by atoms with van der Waals surface area (Å²) < 4.78 is 20.4. The summed E-state index contributed by atoms with van der Waals surface area (Å²) in [6, 6.07) is 16.0. The Hall–Kier alpha value is -3.30. The molecule has 1 amide bonds. The average molecular weight is 452 g/mol. The number of halogens is 1. The summed E-state index contributed by atoms with van der Waals surface area (Å²) in [5.41, 5.74) is 2.43. The molecule has 2 aromatic carbocycles. The lowest BCUT2D eigenvalue weighted by Gasteiger charge is -2.07. The maximum Gasteiger partial charge on any atom is 0.230 e. The Morgan fingerprint density at radius 2 is 1.91 bits per heavy atom. The molecule has 9 heteroatoms. The molecule has 0 saturated carbocycles. The zero-order chi connectivity index (χ0) is 22.2. The second-order valence-corrected chi connectivity index (χ2v) is 7.94. The molecule has 7 nitrogen and oxygen atoms in total. The molecule has 0 atom stereocenters. The second-order valence-electron chi connectivity index (χ2n) is 6.98. The largest absolute Gasteiger partial charge is 0.377 e. The van der Waals surface area contributed by atoms with Gasteiger partial charge in [-0.05, 0) is 36.2 Å². The molecule has 0 spiro atoms. The van der Waals surface area contributed by atoms with Crippen LogP contribution in [0.1, 0.15) is 12.0 Å². The molecule has 0 bridgehead atoms. The number of aromatic nitrogens is 4. The number of thioether (sulfide) groups is 1. The van der Waals surface area contributed by atoms with Crippen LogP contribution in [-0.4, -0.2) is 44.6 Å². The van der Waals surface area contributed by atoms with E-state index in [9.17, 15) is 9.18 Å². The zero-order valence-electron chi connectivity index (χ0n) is 17.3. The smallest absolute Gasteiger partial charge is 0.230 e. The van der Waals surface area contributed by atoms with E-state index >= 15 is 0 Å². The van der Waals surface area contributed by atoms with Crippen LogP contribution in [0.5, 0.6) is 0 Å². The van der Waals surface area contributed by atoms with E-state index in [4.69, 9.17) is 4.74 Å². The van der Waals surface area contributed by atoms with Crippen LogP contribution in [0.4, 0.5) is 4.39 Å². The summed E-state index contributed by atoms with van der Waals surface area (Å²) in [5, 5.41) is 8.65. The van der Waals surface area contributed by atoms with Gasteiger partial charge in [0.2, 0.25) is 5.91 Å². The van der Waals surface area contributed by atoms with Crippen LogP contribution in [0.3, 0.4) is 0 Å². The number of carbonyl (C=O) groups is 1. The molecule has 0 aliphatic heterocycles. The molecule has 0 aliphatic rings. The molecule has 2 aromatic heterocycles. The highest BCUT2D eigenvalue weighted by atomic mass is 32.2. The van der Waals surface area contributed by atoms with Crippen molar-refractivity contribution >= 4 is 28.7 Å². The van der Waals surface area contributed by atoms with E-state index in [1.807, 2.05) is 30.3 Å².